The number of nitrogens with one attached hydrogen (secondary N) is 1. The van der Waals surface area contributed by atoms with Crippen molar-refractivity contribution in [3.05, 3.63) is 60.2 Å². The van der Waals surface area contributed by atoms with Crippen molar-refractivity contribution >= 4 is 23.3 Å². The molecule has 4 heterocycles. The van der Waals surface area contributed by atoms with Gasteiger partial charge in [-0.3, -0.25) is 0 Å². The highest BCUT2D eigenvalue weighted by atomic mass is 16.7. The maximum Gasteiger partial charge on any atom is 0.410 e. The van der Waals surface area contributed by atoms with Crippen molar-refractivity contribution in [2.24, 2.45) is 0 Å². The zero-order valence-electron chi connectivity index (χ0n) is 25.6. The molecule has 3 aromatic rings. The largest absolute Gasteiger partial charge is 0.467 e. The van der Waals surface area contributed by atoms with E-state index in [4.69, 9.17) is 14.2 Å². The summed E-state index contributed by atoms with van der Waals surface area (Å²) in [6, 6.07) is 19.3. The lowest BCUT2D eigenvalue weighted by Crippen LogP contribution is -2.58. The van der Waals surface area contributed by atoms with Gasteiger partial charge in [0.25, 0.3) is 0 Å². The van der Waals surface area contributed by atoms with E-state index in [2.05, 4.69) is 55.6 Å². The van der Waals surface area contributed by atoms with Crippen LogP contribution in [0.15, 0.2) is 54.6 Å². The summed E-state index contributed by atoms with van der Waals surface area (Å²) in [6.07, 6.45) is 1.71. The molecule has 228 valence electrons. The van der Waals surface area contributed by atoms with E-state index in [1.165, 1.54) is 11.3 Å². The predicted molar refractivity (Wildman–Crippen MR) is 168 cm³/mol. The van der Waals surface area contributed by atoms with Crippen molar-refractivity contribution < 1.29 is 19.0 Å². The molecule has 1 amide bonds. The van der Waals surface area contributed by atoms with Gasteiger partial charge < -0.3 is 34.2 Å². The van der Waals surface area contributed by atoms with Crippen LogP contribution >= 0.6 is 0 Å². The van der Waals surface area contributed by atoms with Crippen LogP contribution in [0.3, 0.4) is 0 Å². The van der Waals surface area contributed by atoms with Gasteiger partial charge in [0.05, 0.1) is 17.4 Å². The number of aromatic nitrogens is 2. The topological polar surface area (TPSA) is 92.3 Å². The summed E-state index contributed by atoms with van der Waals surface area (Å²) in [6.45, 7) is 10.9. The molecule has 1 atom stereocenters. The summed E-state index contributed by atoms with van der Waals surface area (Å²) in [5.41, 5.74) is 4.89. The van der Waals surface area contributed by atoms with E-state index in [1.807, 2.05) is 49.9 Å². The first-order valence-corrected chi connectivity index (χ1v) is 15.2. The third-order valence-corrected chi connectivity index (χ3v) is 8.44. The molecule has 2 saturated heterocycles. The minimum atomic E-state index is -0.463. The van der Waals surface area contributed by atoms with Gasteiger partial charge in [0.2, 0.25) is 0 Å². The summed E-state index contributed by atoms with van der Waals surface area (Å²) in [4.78, 5) is 19.2. The SMILES string of the molecule is COCOc1ccccc1-c1cc2c(nn1)NC[C@@H]1CN(c3ccc(C4CCN(C(=O)OC(C)(C)C)CC4)cc3)CCN21. The summed E-state index contributed by atoms with van der Waals surface area (Å²) < 4.78 is 16.5. The Hall–Kier alpha value is -4.05. The molecule has 0 unspecified atom stereocenters. The van der Waals surface area contributed by atoms with E-state index in [0.29, 0.717) is 12.0 Å². The van der Waals surface area contributed by atoms with Crippen LogP contribution in [0.5, 0.6) is 5.75 Å². The third kappa shape index (κ3) is 6.49. The molecule has 10 nitrogen and oxygen atoms in total. The molecule has 3 aliphatic heterocycles. The lowest BCUT2D eigenvalue weighted by atomic mass is 9.89. The Morgan fingerprint density at radius 3 is 2.51 bits per heavy atom. The molecular formula is C33H42N6O4. The predicted octanol–water partition coefficient (Wildman–Crippen LogP) is 5.36. The normalized spacial score (nSPS) is 18.9. The van der Waals surface area contributed by atoms with Gasteiger partial charge in [-0.05, 0) is 75.4 Å². The lowest BCUT2D eigenvalue weighted by molar-refractivity contribution is 0.0205. The maximum absolute atomic E-state index is 12.4. The number of piperazine rings is 1. The number of piperidine rings is 1. The number of hydrogen-bond donors (Lipinski definition) is 1. The quantitative estimate of drug-likeness (QED) is 0.383. The number of amides is 1. The van der Waals surface area contributed by atoms with Gasteiger partial charge in [-0.2, -0.15) is 0 Å². The molecule has 0 bridgehead atoms. The number of ether oxygens (including phenoxy) is 3. The van der Waals surface area contributed by atoms with Crippen molar-refractivity contribution in [1.82, 2.24) is 15.1 Å². The number of hydrogen-bond acceptors (Lipinski definition) is 9. The summed E-state index contributed by atoms with van der Waals surface area (Å²) >= 11 is 0. The molecule has 0 saturated carbocycles. The second-order valence-corrected chi connectivity index (χ2v) is 12.5. The lowest BCUT2D eigenvalue weighted by Gasteiger charge is -2.46. The third-order valence-electron chi connectivity index (χ3n) is 8.44. The average molecular weight is 587 g/mol. The van der Waals surface area contributed by atoms with E-state index < -0.39 is 5.60 Å². The molecule has 0 radical (unpaired) electrons. The first kappa shape index (κ1) is 29.0. The van der Waals surface area contributed by atoms with Gasteiger partial charge >= 0.3 is 6.09 Å². The number of methoxy groups -OCH3 is 1. The van der Waals surface area contributed by atoms with Crippen molar-refractivity contribution in [3.8, 4) is 17.0 Å². The molecule has 0 spiro atoms. The fourth-order valence-electron chi connectivity index (χ4n) is 6.26. The number of anilines is 3. The van der Waals surface area contributed by atoms with Crippen LogP contribution in [0.4, 0.5) is 22.0 Å². The molecule has 0 aliphatic carbocycles. The molecule has 1 aromatic heterocycles. The summed E-state index contributed by atoms with van der Waals surface area (Å²) in [5, 5.41) is 12.6. The highest BCUT2D eigenvalue weighted by molar-refractivity contribution is 5.77. The maximum atomic E-state index is 12.4. The fourth-order valence-corrected chi connectivity index (χ4v) is 6.26. The van der Waals surface area contributed by atoms with Gasteiger partial charge in [0.1, 0.15) is 11.4 Å². The number of benzene rings is 2. The van der Waals surface area contributed by atoms with Crippen molar-refractivity contribution in [3.63, 3.8) is 0 Å². The average Bonchev–Trinajstić information content (AvgIpc) is 3.02. The van der Waals surface area contributed by atoms with Gasteiger partial charge in [-0.25, -0.2) is 4.79 Å². The van der Waals surface area contributed by atoms with E-state index in [-0.39, 0.29) is 12.9 Å². The van der Waals surface area contributed by atoms with Crippen molar-refractivity contribution in [1.29, 1.82) is 0 Å². The Kier molecular flexibility index (Phi) is 8.30. The smallest absolute Gasteiger partial charge is 0.410 e. The van der Waals surface area contributed by atoms with Crippen LogP contribution in [0, 0.1) is 0 Å². The van der Waals surface area contributed by atoms with Crippen LogP contribution < -0.4 is 19.9 Å². The van der Waals surface area contributed by atoms with Crippen LogP contribution in [0.2, 0.25) is 0 Å². The van der Waals surface area contributed by atoms with E-state index in [9.17, 15) is 4.79 Å². The van der Waals surface area contributed by atoms with Crippen LogP contribution in [0.1, 0.15) is 45.1 Å². The highest BCUT2D eigenvalue weighted by Gasteiger charge is 2.33. The van der Waals surface area contributed by atoms with E-state index in [0.717, 1.165) is 80.6 Å². The van der Waals surface area contributed by atoms with Crippen molar-refractivity contribution in [2.45, 2.75) is 51.2 Å². The zero-order chi connectivity index (χ0) is 30.0. The Labute approximate surface area is 253 Å². The molecule has 43 heavy (non-hydrogen) atoms. The Balaban J connectivity index is 1.09. The molecule has 6 rings (SSSR count). The number of para-hydroxylation sites is 1. The fraction of sp³-hybridized carbons (Fsp3) is 0.485. The summed E-state index contributed by atoms with van der Waals surface area (Å²) in [7, 11) is 1.61. The number of likely N-dealkylation sites (tertiary alicyclic amines) is 1. The Morgan fingerprint density at radius 2 is 1.77 bits per heavy atom. The molecular weight excluding hydrogens is 544 g/mol. The van der Waals surface area contributed by atoms with Crippen LogP contribution in [-0.4, -0.2) is 86.0 Å². The second kappa shape index (κ2) is 12.3. The zero-order valence-corrected chi connectivity index (χ0v) is 25.6. The van der Waals surface area contributed by atoms with Crippen molar-refractivity contribution in [2.75, 3.05) is 68.3 Å². The van der Waals surface area contributed by atoms with Gasteiger partial charge in [-0.15, -0.1) is 10.2 Å². The van der Waals surface area contributed by atoms with Gasteiger partial charge in [-0.1, -0.05) is 24.3 Å². The molecule has 1 N–H and O–H groups in total. The number of carbonyl (C=O) groups excluding carboxylic acids is 1. The second-order valence-electron chi connectivity index (χ2n) is 12.5. The minimum absolute atomic E-state index is 0.176. The first-order chi connectivity index (χ1) is 20.8. The van der Waals surface area contributed by atoms with Gasteiger partial charge in [0, 0.05) is 57.6 Å². The standard InChI is InChI=1S/C33H42N6O4/c1-33(2,3)43-32(40)37-15-13-24(14-16-37)23-9-11-25(12-10-23)38-17-18-39-26(21-38)20-34-31-29(39)19-28(35-36-31)27-7-5-6-8-30(27)42-22-41-4/h5-12,19,24,26H,13-18,20-22H2,1-4H3,(H,34,36)/t26-/m1/s1. The first-order valence-electron chi connectivity index (χ1n) is 15.2. The number of carbonyl (C=O) groups is 1. The molecule has 2 fully saturated rings. The molecule has 10 heteroatoms. The number of nitrogens with zero attached hydrogens (tertiary/aromatic N) is 5. The Bertz CT molecular complexity index is 1420. The molecule has 3 aliphatic rings. The number of fused-ring (bicyclic) bond motifs is 3. The monoisotopic (exact) mass is 586 g/mol. The minimum Gasteiger partial charge on any atom is -0.467 e. The van der Waals surface area contributed by atoms with Crippen LogP contribution in [0.25, 0.3) is 11.3 Å². The van der Waals surface area contributed by atoms with Gasteiger partial charge in [0.15, 0.2) is 12.6 Å². The number of rotatable bonds is 6. The summed E-state index contributed by atoms with van der Waals surface area (Å²) in [5.74, 6) is 2.01. The van der Waals surface area contributed by atoms with E-state index in [1.54, 1.807) is 7.11 Å². The van der Waals surface area contributed by atoms with Crippen LogP contribution in [-0.2, 0) is 9.47 Å². The highest BCUT2D eigenvalue weighted by Crippen LogP contribution is 2.37. The molecule has 2 aromatic carbocycles. The van der Waals surface area contributed by atoms with E-state index >= 15 is 0 Å². The Morgan fingerprint density at radius 1 is 1.00 bits per heavy atom.